The minimum atomic E-state index is -0.151. The smallest absolute Gasteiger partial charge is 0.255 e. The van der Waals surface area contributed by atoms with Crippen LogP contribution in [0, 0.1) is 13.8 Å². The van der Waals surface area contributed by atoms with Gasteiger partial charge in [-0.05, 0) is 31.0 Å². The number of nitrogens with one attached hydrogen (secondary N) is 2. The number of aryl methyl sites for hydroxylation is 2. The Kier molecular flexibility index (Phi) is 5.24. The number of carbonyl (C=O) groups excluding carboxylic acids is 1. The molecule has 29 heavy (non-hydrogen) atoms. The number of hydrogen-bond donors (Lipinski definition) is 2. The highest BCUT2D eigenvalue weighted by Gasteiger charge is 2.15. The van der Waals surface area contributed by atoms with Gasteiger partial charge in [-0.25, -0.2) is 0 Å². The fraction of sp³-hybridized carbons (Fsp3) is 0.174. The predicted octanol–water partition coefficient (Wildman–Crippen LogP) is 3.87. The lowest BCUT2D eigenvalue weighted by Gasteiger charge is -2.09. The molecule has 1 amide bonds. The topological polar surface area (TPSA) is 75.6 Å². The van der Waals surface area contributed by atoms with Gasteiger partial charge in [0.2, 0.25) is 0 Å². The van der Waals surface area contributed by atoms with Crippen LogP contribution in [0.5, 0.6) is 0 Å². The Balaban J connectivity index is 1.44. The maximum absolute atomic E-state index is 12.7. The number of carbonyl (C=O) groups is 1. The van der Waals surface area contributed by atoms with E-state index in [0.29, 0.717) is 18.7 Å². The van der Waals surface area contributed by atoms with Gasteiger partial charge in [-0.3, -0.25) is 14.6 Å². The number of hydrogen-bond acceptors (Lipinski definition) is 3. The zero-order chi connectivity index (χ0) is 20.2. The lowest BCUT2D eigenvalue weighted by molar-refractivity contribution is 0.0951. The molecular formula is C23H23N5O. The highest BCUT2D eigenvalue weighted by atomic mass is 16.1. The van der Waals surface area contributed by atoms with Crippen LogP contribution in [0.15, 0.2) is 66.9 Å². The summed E-state index contributed by atoms with van der Waals surface area (Å²) in [6.07, 6.45) is 1.57. The van der Waals surface area contributed by atoms with Crippen LogP contribution in [0.4, 0.5) is 0 Å². The molecular weight excluding hydrogens is 362 g/mol. The molecule has 0 bridgehead atoms. The van der Waals surface area contributed by atoms with Crippen LogP contribution in [-0.2, 0) is 13.1 Å². The summed E-state index contributed by atoms with van der Waals surface area (Å²) in [4.78, 5) is 12.7. The molecule has 2 aromatic heterocycles. The van der Waals surface area contributed by atoms with Crippen molar-refractivity contribution in [2.45, 2.75) is 26.9 Å². The molecule has 0 radical (unpaired) electrons. The highest BCUT2D eigenvalue weighted by Crippen LogP contribution is 2.20. The van der Waals surface area contributed by atoms with Crippen molar-refractivity contribution in [1.29, 1.82) is 0 Å². The zero-order valence-corrected chi connectivity index (χ0v) is 16.5. The van der Waals surface area contributed by atoms with Crippen LogP contribution < -0.4 is 5.32 Å². The summed E-state index contributed by atoms with van der Waals surface area (Å²) < 4.78 is 1.99. The quantitative estimate of drug-likeness (QED) is 0.529. The molecule has 0 spiro atoms. The standard InChI is InChI=1S/C23H23N5O/c1-16-11-17(2)28(27-16)15-19-8-6-7-18(12-19)13-24-23(29)21-14-25-26-22(21)20-9-4-3-5-10-20/h3-12,14H,13,15H2,1-2H3,(H,24,29)(H,25,26). The van der Waals surface area contributed by atoms with Crippen molar-refractivity contribution in [2.75, 3.05) is 0 Å². The third-order valence-electron chi connectivity index (χ3n) is 4.83. The van der Waals surface area contributed by atoms with Gasteiger partial charge in [-0.1, -0.05) is 54.6 Å². The van der Waals surface area contributed by atoms with Crippen LogP contribution in [0.1, 0.15) is 32.9 Å². The molecule has 4 rings (SSSR count). The summed E-state index contributed by atoms with van der Waals surface area (Å²) in [5.41, 5.74) is 6.53. The number of rotatable bonds is 6. The fourth-order valence-corrected chi connectivity index (χ4v) is 3.41. The molecule has 146 valence electrons. The van der Waals surface area contributed by atoms with Crippen molar-refractivity contribution in [1.82, 2.24) is 25.3 Å². The number of aromatic nitrogens is 4. The monoisotopic (exact) mass is 385 g/mol. The molecule has 0 aliphatic heterocycles. The van der Waals surface area contributed by atoms with Crippen molar-refractivity contribution in [3.8, 4) is 11.3 Å². The Labute approximate surface area is 169 Å². The maximum atomic E-state index is 12.7. The van der Waals surface area contributed by atoms with E-state index >= 15 is 0 Å². The van der Waals surface area contributed by atoms with Gasteiger partial charge in [0, 0.05) is 17.8 Å². The molecule has 0 unspecified atom stereocenters. The number of benzene rings is 2. The Morgan fingerprint density at radius 2 is 1.83 bits per heavy atom. The minimum absolute atomic E-state index is 0.151. The van der Waals surface area contributed by atoms with Gasteiger partial charge in [0.05, 0.1) is 29.7 Å². The first-order valence-corrected chi connectivity index (χ1v) is 9.56. The van der Waals surface area contributed by atoms with Crippen molar-refractivity contribution in [2.24, 2.45) is 0 Å². The first-order valence-electron chi connectivity index (χ1n) is 9.56. The Bertz CT molecular complexity index is 1130. The van der Waals surface area contributed by atoms with Crippen molar-refractivity contribution in [3.63, 3.8) is 0 Å². The Morgan fingerprint density at radius 3 is 2.59 bits per heavy atom. The summed E-state index contributed by atoms with van der Waals surface area (Å²) in [6.45, 7) is 5.21. The maximum Gasteiger partial charge on any atom is 0.255 e. The summed E-state index contributed by atoms with van der Waals surface area (Å²) >= 11 is 0. The molecule has 0 aliphatic carbocycles. The second kappa shape index (κ2) is 8.14. The molecule has 0 aliphatic rings. The van der Waals surface area contributed by atoms with E-state index in [1.807, 2.05) is 54.1 Å². The SMILES string of the molecule is Cc1cc(C)n(Cc2cccc(CNC(=O)c3cn[nH]c3-c3ccccc3)c2)n1. The summed E-state index contributed by atoms with van der Waals surface area (Å²) in [5, 5.41) is 14.5. The molecule has 6 nitrogen and oxygen atoms in total. The van der Waals surface area contributed by atoms with Gasteiger partial charge in [0.1, 0.15) is 0 Å². The van der Waals surface area contributed by atoms with Crippen LogP contribution in [0.3, 0.4) is 0 Å². The van der Waals surface area contributed by atoms with Crippen LogP contribution in [0.25, 0.3) is 11.3 Å². The minimum Gasteiger partial charge on any atom is -0.348 e. The molecule has 2 aromatic carbocycles. The van der Waals surface area contributed by atoms with E-state index in [0.717, 1.165) is 33.8 Å². The van der Waals surface area contributed by atoms with E-state index < -0.39 is 0 Å². The highest BCUT2D eigenvalue weighted by molar-refractivity contribution is 5.99. The average molecular weight is 385 g/mol. The summed E-state index contributed by atoms with van der Waals surface area (Å²) in [5.74, 6) is -0.151. The lowest BCUT2D eigenvalue weighted by Crippen LogP contribution is -2.23. The van der Waals surface area contributed by atoms with E-state index in [1.165, 1.54) is 0 Å². The van der Waals surface area contributed by atoms with Crippen LogP contribution in [0.2, 0.25) is 0 Å². The van der Waals surface area contributed by atoms with Gasteiger partial charge in [-0.15, -0.1) is 0 Å². The predicted molar refractivity (Wildman–Crippen MR) is 112 cm³/mol. The van der Waals surface area contributed by atoms with Crippen molar-refractivity contribution in [3.05, 3.63) is 94.9 Å². The second-order valence-electron chi connectivity index (χ2n) is 7.11. The largest absolute Gasteiger partial charge is 0.348 e. The third kappa shape index (κ3) is 4.27. The second-order valence-corrected chi connectivity index (χ2v) is 7.11. The normalized spacial score (nSPS) is 10.8. The Hall–Kier alpha value is -3.67. The summed E-state index contributed by atoms with van der Waals surface area (Å²) in [6, 6.07) is 20.0. The average Bonchev–Trinajstić information content (AvgIpc) is 3.34. The number of amides is 1. The van der Waals surface area contributed by atoms with Crippen molar-refractivity contribution < 1.29 is 4.79 Å². The molecule has 2 N–H and O–H groups in total. The first kappa shape index (κ1) is 18.7. The Morgan fingerprint density at radius 1 is 1.03 bits per heavy atom. The van der Waals surface area contributed by atoms with Crippen LogP contribution in [-0.4, -0.2) is 25.9 Å². The molecule has 2 heterocycles. The van der Waals surface area contributed by atoms with Gasteiger partial charge in [0.25, 0.3) is 5.91 Å². The van der Waals surface area contributed by atoms with Crippen LogP contribution >= 0.6 is 0 Å². The number of nitrogens with zero attached hydrogens (tertiary/aromatic N) is 3. The zero-order valence-electron chi connectivity index (χ0n) is 16.5. The van der Waals surface area contributed by atoms with E-state index in [2.05, 4.69) is 45.7 Å². The fourth-order valence-electron chi connectivity index (χ4n) is 3.41. The van der Waals surface area contributed by atoms with Crippen molar-refractivity contribution >= 4 is 5.91 Å². The van der Waals surface area contributed by atoms with Gasteiger partial charge < -0.3 is 5.32 Å². The van der Waals surface area contributed by atoms with E-state index in [4.69, 9.17) is 0 Å². The van der Waals surface area contributed by atoms with E-state index in [-0.39, 0.29) is 5.91 Å². The third-order valence-corrected chi connectivity index (χ3v) is 4.83. The molecule has 0 atom stereocenters. The molecule has 0 saturated carbocycles. The molecule has 0 fully saturated rings. The molecule has 0 saturated heterocycles. The lowest BCUT2D eigenvalue weighted by atomic mass is 10.1. The van der Waals surface area contributed by atoms with Gasteiger partial charge >= 0.3 is 0 Å². The number of aromatic amines is 1. The summed E-state index contributed by atoms with van der Waals surface area (Å²) in [7, 11) is 0. The van der Waals surface area contributed by atoms with Gasteiger partial charge in [-0.2, -0.15) is 10.2 Å². The van der Waals surface area contributed by atoms with Gasteiger partial charge in [0.15, 0.2) is 0 Å². The first-order chi connectivity index (χ1) is 14.1. The molecule has 4 aromatic rings. The molecule has 6 heteroatoms. The van der Waals surface area contributed by atoms with E-state index in [1.54, 1.807) is 6.20 Å². The van der Waals surface area contributed by atoms with E-state index in [9.17, 15) is 4.79 Å². The number of H-pyrrole nitrogens is 1.